The number of hydrogen-bond acceptors (Lipinski definition) is 1. The molecule has 102 valence electrons. The molecular weight excluding hydrogens is 258 g/mol. The first-order valence-corrected chi connectivity index (χ1v) is 6.79. The summed E-state index contributed by atoms with van der Waals surface area (Å²) in [5, 5.41) is 2.47. The molecule has 0 fully saturated rings. The largest absolute Gasteiger partial charge is 0.366 e. The Balaban J connectivity index is 1.93. The van der Waals surface area contributed by atoms with Gasteiger partial charge in [-0.2, -0.15) is 0 Å². The van der Waals surface area contributed by atoms with Crippen LogP contribution in [0, 0.1) is 0 Å². The average molecular weight is 273 g/mol. The van der Waals surface area contributed by atoms with Crippen LogP contribution in [0.1, 0.15) is 5.56 Å². The lowest BCUT2D eigenvalue weighted by atomic mass is 10.0. The molecule has 3 rings (SSSR count). The van der Waals surface area contributed by atoms with Crippen molar-refractivity contribution in [3.63, 3.8) is 0 Å². The van der Waals surface area contributed by atoms with Crippen LogP contribution in [0.15, 0.2) is 72.8 Å². The van der Waals surface area contributed by atoms with Crippen LogP contribution in [0.2, 0.25) is 0 Å². The van der Waals surface area contributed by atoms with Gasteiger partial charge in [0.15, 0.2) is 0 Å². The number of fused-ring (bicyclic) bond motifs is 1. The van der Waals surface area contributed by atoms with Crippen LogP contribution in [0.25, 0.3) is 28.0 Å². The first kappa shape index (κ1) is 13.1. The number of carbonyl (C=O) groups excluding carboxylic acids is 1. The predicted octanol–water partition coefficient (Wildman–Crippen LogP) is 4.01. The van der Waals surface area contributed by atoms with Crippen molar-refractivity contribution in [1.82, 2.24) is 0 Å². The molecule has 0 saturated carbocycles. The van der Waals surface area contributed by atoms with Crippen LogP contribution < -0.4 is 5.73 Å². The highest BCUT2D eigenvalue weighted by atomic mass is 16.1. The van der Waals surface area contributed by atoms with Crippen molar-refractivity contribution >= 4 is 22.8 Å². The maximum atomic E-state index is 10.7. The molecule has 0 bridgehead atoms. The van der Waals surface area contributed by atoms with Crippen LogP contribution in [0.3, 0.4) is 0 Å². The van der Waals surface area contributed by atoms with E-state index >= 15 is 0 Å². The Morgan fingerprint density at radius 3 is 2.19 bits per heavy atom. The molecule has 0 unspecified atom stereocenters. The molecule has 3 aromatic carbocycles. The predicted molar refractivity (Wildman–Crippen MR) is 87.6 cm³/mol. The van der Waals surface area contributed by atoms with Gasteiger partial charge in [-0.15, -0.1) is 0 Å². The van der Waals surface area contributed by atoms with Gasteiger partial charge in [0, 0.05) is 6.08 Å². The molecule has 0 heterocycles. The minimum Gasteiger partial charge on any atom is -0.366 e. The van der Waals surface area contributed by atoms with Gasteiger partial charge in [-0.05, 0) is 39.6 Å². The van der Waals surface area contributed by atoms with Gasteiger partial charge in [0.1, 0.15) is 0 Å². The van der Waals surface area contributed by atoms with Crippen molar-refractivity contribution in [2.24, 2.45) is 5.73 Å². The molecule has 0 spiro atoms. The summed E-state index contributed by atoms with van der Waals surface area (Å²) >= 11 is 0. The number of hydrogen-bond donors (Lipinski definition) is 1. The Labute approximate surface area is 123 Å². The van der Waals surface area contributed by atoms with Crippen LogP contribution in [-0.2, 0) is 4.79 Å². The average Bonchev–Trinajstić information content (AvgIpc) is 2.53. The maximum Gasteiger partial charge on any atom is 0.241 e. The van der Waals surface area contributed by atoms with Crippen molar-refractivity contribution in [2.75, 3.05) is 0 Å². The van der Waals surface area contributed by atoms with Gasteiger partial charge in [0.25, 0.3) is 0 Å². The Morgan fingerprint density at radius 2 is 1.48 bits per heavy atom. The van der Waals surface area contributed by atoms with Crippen molar-refractivity contribution in [1.29, 1.82) is 0 Å². The third kappa shape index (κ3) is 3.00. The molecule has 2 heteroatoms. The smallest absolute Gasteiger partial charge is 0.241 e. The second-order valence-corrected chi connectivity index (χ2v) is 4.92. The molecule has 1 amide bonds. The second-order valence-electron chi connectivity index (χ2n) is 4.92. The zero-order chi connectivity index (χ0) is 14.7. The van der Waals surface area contributed by atoms with E-state index in [-0.39, 0.29) is 0 Å². The lowest BCUT2D eigenvalue weighted by Crippen LogP contribution is -2.04. The molecule has 0 radical (unpaired) electrons. The van der Waals surface area contributed by atoms with E-state index in [0.717, 1.165) is 11.1 Å². The minimum atomic E-state index is -0.436. The van der Waals surface area contributed by atoms with Gasteiger partial charge in [-0.25, -0.2) is 0 Å². The Bertz CT molecular complexity index is 816. The second kappa shape index (κ2) is 5.63. The van der Waals surface area contributed by atoms with E-state index in [2.05, 4.69) is 30.3 Å². The molecule has 0 aliphatic rings. The molecule has 0 aliphatic carbocycles. The number of amides is 1. The number of rotatable bonds is 3. The number of benzene rings is 3. The summed E-state index contributed by atoms with van der Waals surface area (Å²) in [6, 6.07) is 22.8. The molecular formula is C19H15NO. The summed E-state index contributed by atoms with van der Waals surface area (Å²) in [6.07, 6.45) is 3.08. The lowest BCUT2D eigenvalue weighted by Gasteiger charge is -2.05. The lowest BCUT2D eigenvalue weighted by molar-refractivity contribution is -0.113. The van der Waals surface area contributed by atoms with Gasteiger partial charge < -0.3 is 5.73 Å². The fraction of sp³-hybridized carbons (Fsp3) is 0. The van der Waals surface area contributed by atoms with Gasteiger partial charge in [0.2, 0.25) is 5.91 Å². The maximum absolute atomic E-state index is 10.7. The summed E-state index contributed by atoms with van der Waals surface area (Å²) < 4.78 is 0. The highest BCUT2D eigenvalue weighted by Crippen LogP contribution is 2.24. The summed E-state index contributed by atoms with van der Waals surface area (Å²) in [5.41, 5.74) is 8.37. The third-order valence-corrected chi connectivity index (χ3v) is 3.43. The molecule has 2 nitrogen and oxygen atoms in total. The van der Waals surface area contributed by atoms with E-state index < -0.39 is 5.91 Å². The SMILES string of the molecule is NC(=O)/C=C\c1ccc(-c2ccc3ccccc3c2)cc1. The Kier molecular flexibility index (Phi) is 3.52. The van der Waals surface area contributed by atoms with E-state index in [4.69, 9.17) is 5.73 Å². The van der Waals surface area contributed by atoms with E-state index in [0.29, 0.717) is 0 Å². The van der Waals surface area contributed by atoms with E-state index in [1.807, 2.05) is 36.4 Å². The zero-order valence-electron chi connectivity index (χ0n) is 11.5. The molecule has 0 aromatic heterocycles. The first-order chi connectivity index (χ1) is 10.2. The van der Waals surface area contributed by atoms with Crippen LogP contribution >= 0.6 is 0 Å². The quantitative estimate of drug-likeness (QED) is 0.720. The first-order valence-electron chi connectivity index (χ1n) is 6.79. The van der Waals surface area contributed by atoms with Gasteiger partial charge >= 0.3 is 0 Å². The van der Waals surface area contributed by atoms with Gasteiger partial charge in [-0.1, -0.05) is 60.7 Å². The highest BCUT2D eigenvalue weighted by Gasteiger charge is 1.99. The van der Waals surface area contributed by atoms with E-state index in [1.165, 1.54) is 22.4 Å². The third-order valence-electron chi connectivity index (χ3n) is 3.43. The summed E-state index contributed by atoms with van der Waals surface area (Å²) in [4.78, 5) is 10.7. The fourth-order valence-corrected chi connectivity index (χ4v) is 2.33. The van der Waals surface area contributed by atoms with Gasteiger partial charge in [0.05, 0.1) is 0 Å². The van der Waals surface area contributed by atoms with Crippen LogP contribution in [-0.4, -0.2) is 5.91 Å². The molecule has 0 saturated heterocycles. The van der Waals surface area contributed by atoms with Crippen LogP contribution in [0.5, 0.6) is 0 Å². The molecule has 3 aromatic rings. The summed E-state index contributed by atoms with van der Waals surface area (Å²) in [7, 11) is 0. The topological polar surface area (TPSA) is 43.1 Å². The van der Waals surface area contributed by atoms with Crippen molar-refractivity contribution in [2.45, 2.75) is 0 Å². The standard InChI is InChI=1S/C19H15NO/c20-19(21)12-7-14-5-8-16(9-6-14)18-11-10-15-3-1-2-4-17(15)13-18/h1-13H,(H2,20,21)/b12-7-. The Hall–Kier alpha value is -2.87. The van der Waals surface area contributed by atoms with Crippen LogP contribution in [0.4, 0.5) is 0 Å². The minimum absolute atomic E-state index is 0.436. The molecule has 0 aliphatic heterocycles. The monoisotopic (exact) mass is 273 g/mol. The zero-order valence-corrected chi connectivity index (χ0v) is 11.5. The van der Waals surface area contributed by atoms with Crippen molar-refractivity contribution in [3.8, 4) is 11.1 Å². The van der Waals surface area contributed by atoms with Crippen molar-refractivity contribution < 1.29 is 4.79 Å². The van der Waals surface area contributed by atoms with Gasteiger partial charge in [-0.3, -0.25) is 4.79 Å². The number of nitrogens with two attached hydrogens (primary N) is 1. The molecule has 0 atom stereocenters. The fourth-order valence-electron chi connectivity index (χ4n) is 2.33. The highest BCUT2D eigenvalue weighted by molar-refractivity contribution is 5.90. The number of carbonyl (C=O) groups is 1. The number of primary amides is 1. The Morgan fingerprint density at radius 1 is 0.810 bits per heavy atom. The van der Waals surface area contributed by atoms with Crippen molar-refractivity contribution in [3.05, 3.63) is 78.4 Å². The summed E-state index contributed by atoms with van der Waals surface area (Å²) in [6.45, 7) is 0. The molecule has 21 heavy (non-hydrogen) atoms. The van der Waals surface area contributed by atoms with E-state index in [1.54, 1.807) is 6.08 Å². The normalized spacial score (nSPS) is 11.0. The van der Waals surface area contributed by atoms with E-state index in [9.17, 15) is 4.79 Å². The molecule has 2 N–H and O–H groups in total. The summed E-state index contributed by atoms with van der Waals surface area (Å²) in [5.74, 6) is -0.436.